The molecule has 0 saturated heterocycles. The van der Waals surface area contributed by atoms with Gasteiger partial charge in [0.15, 0.2) is 12.1 Å². The highest BCUT2D eigenvalue weighted by Gasteiger charge is 2.13. The molecule has 0 amide bonds. The Morgan fingerprint density at radius 1 is 1.33 bits per heavy atom. The van der Waals surface area contributed by atoms with Crippen LogP contribution in [0.25, 0.3) is 17.1 Å². The third kappa shape index (κ3) is 2.47. The van der Waals surface area contributed by atoms with Gasteiger partial charge in [-0.2, -0.15) is 10.2 Å². The van der Waals surface area contributed by atoms with Crippen molar-refractivity contribution in [1.29, 1.82) is 0 Å². The van der Waals surface area contributed by atoms with Crippen LogP contribution in [0.3, 0.4) is 0 Å². The molecule has 3 heterocycles. The summed E-state index contributed by atoms with van der Waals surface area (Å²) in [5.41, 5.74) is 3.05. The predicted molar refractivity (Wildman–Crippen MR) is 78.4 cm³/mol. The normalized spacial score (nSPS) is 10.8. The van der Waals surface area contributed by atoms with E-state index in [0.717, 1.165) is 24.0 Å². The lowest BCUT2D eigenvalue weighted by Gasteiger charge is -2.00. The third-order valence-corrected chi connectivity index (χ3v) is 3.24. The first-order valence-electron chi connectivity index (χ1n) is 6.72. The van der Waals surface area contributed by atoms with Gasteiger partial charge >= 0.3 is 0 Å². The summed E-state index contributed by atoms with van der Waals surface area (Å²) in [6.45, 7) is 4.77. The van der Waals surface area contributed by atoms with Gasteiger partial charge < -0.3 is 0 Å². The number of aryl methyl sites for hydroxylation is 2. The van der Waals surface area contributed by atoms with Gasteiger partial charge in [0.25, 0.3) is 0 Å². The van der Waals surface area contributed by atoms with Gasteiger partial charge in [-0.15, -0.1) is 0 Å². The van der Waals surface area contributed by atoms with Crippen molar-refractivity contribution in [1.82, 2.24) is 24.5 Å². The standard InChI is InChI=1S/C15H15N5O/c1-3-19-8-12(7-17-19)15-13(10-21)9-20(18-15)14-6-11(2)4-5-16-14/h4-10H,3H2,1-2H3. The van der Waals surface area contributed by atoms with E-state index >= 15 is 0 Å². The average Bonchev–Trinajstić information content (AvgIpc) is 3.13. The Morgan fingerprint density at radius 3 is 2.86 bits per heavy atom. The monoisotopic (exact) mass is 281 g/mol. The predicted octanol–water partition coefficient (Wildman–Crippen LogP) is 2.27. The minimum Gasteiger partial charge on any atom is -0.298 e. The van der Waals surface area contributed by atoms with Crippen molar-refractivity contribution in [3.63, 3.8) is 0 Å². The zero-order chi connectivity index (χ0) is 14.8. The fraction of sp³-hybridized carbons (Fsp3) is 0.200. The Balaban J connectivity index is 2.08. The number of hydrogen-bond acceptors (Lipinski definition) is 4. The highest BCUT2D eigenvalue weighted by molar-refractivity contribution is 5.85. The fourth-order valence-corrected chi connectivity index (χ4v) is 2.12. The number of carbonyl (C=O) groups is 1. The number of nitrogens with zero attached hydrogens (tertiary/aromatic N) is 5. The molecule has 0 fully saturated rings. The minimum absolute atomic E-state index is 0.522. The van der Waals surface area contributed by atoms with E-state index in [2.05, 4.69) is 15.2 Å². The second-order valence-corrected chi connectivity index (χ2v) is 4.77. The molecule has 3 aromatic rings. The topological polar surface area (TPSA) is 65.6 Å². The highest BCUT2D eigenvalue weighted by atomic mass is 16.1. The largest absolute Gasteiger partial charge is 0.298 e. The van der Waals surface area contributed by atoms with Gasteiger partial charge in [-0.1, -0.05) is 0 Å². The van der Waals surface area contributed by atoms with Crippen LogP contribution >= 0.6 is 0 Å². The van der Waals surface area contributed by atoms with Crippen LogP contribution in [0, 0.1) is 6.92 Å². The van der Waals surface area contributed by atoms with Gasteiger partial charge in [0, 0.05) is 30.7 Å². The van der Waals surface area contributed by atoms with Crippen molar-refractivity contribution >= 4 is 6.29 Å². The molecule has 0 saturated carbocycles. The smallest absolute Gasteiger partial charge is 0.153 e. The van der Waals surface area contributed by atoms with Crippen LogP contribution in [-0.4, -0.2) is 30.8 Å². The molecule has 6 heteroatoms. The van der Waals surface area contributed by atoms with Gasteiger partial charge in [0.1, 0.15) is 5.69 Å². The van der Waals surface area contributed by atoms with Gasteiger partial charge in [-0.25, -0.2) is 9.67 Å². The Labute approximate surface area is 122 Å². The molecule has 0 aromatic carbocycles. The summed E-state index contributed by atoms with van der Waals surface area (Å²) in [4.78, 5) is 15.6. The van der Waals surface area contributed by atoms with Crippen molar-refractivity contribution in [2.24, 2.45) is 0 Å². The first kappa shape index (κ1) is 13.2. The fourth-order valence-electron chi connectivity index (χ4n) is 2.12. The average molecular weight is 281 g/mol. The number of carbonyl (C=O) groups excluding carboxylic acids is 1. The summed E-state index contributed by atoms with van der Waals surface area (Å²) in [6.07, 6.45) is 7.81. The van der Waals surface area contributed by atoms with E-state index in [4.69, 9.17) is 0 Å². The van der Waals surface area contributed by atoms with E-state index in [1.165, 1.54) is 0 Å². The molecule has 0 N–H and O–H groups in total. The molecule has 21 heavy (non-hydrogen) atoms. The molecular formula is C15H15N5O. The van der Waals surface area contributed by atoms with Crippen molar-refractivity contribution in [2.45, 2.75) is 20.4 Å². The lowest BCUT2D eigenvalue weighted by atomic mass is 10.2. The zero-order valence-corrected chi connectivity index (χ0v) is 11.9. The molecule has 0 radical (unpaired) electrons. The molecule has 0 aliphatic heterocycles. The van der Waals surface area contributed by atoms with E-state index in [9.17, 15) is 4.79 Å². The summed E-state index contributed by atoms with van der Waals surface area (Å²) in [5.74, 6) is 0.687. The molecule has 0 unspecified atom stereocenters. The molecule has 6 nitrogen and oxygen atoms in total. The second kappa shape index (κ2) is 5.32. The molecule has 3 aromatic heterocycles. The van der Waals surface area contributed by atoms with Crippen LogP contribution in [0.4, 0.5) is 0 Å². The Hall–Kier alpha value is -2.76. The van der Waals surface area contributed by atoms with E-state index < -0.39 is 0 Å². The van der Waals surface area contributed by atoms with Crippen molar-refractivity contribution < 1.29 is 4.79 Å². The van der Waals surface area contributed by atoms with Gasteiger partial charge in [0.05, 0.1) is 11.8 Å². The maximum Gasteiger partial charge on any atom is 0.153 e. The first-order valence-corrected chi connectivity index (χ1v) is 6.72. The summed E-state index contributed by atoms with van der Waals surface area (Å²) >= 11 is 0. The Morgan fingerprint density at radius 2 is 2.19 bits per heavy atom. The highest BCUT2D eigenvalue weighted by Crippen LogP contribution is 2.21. The molecule has 0 aliphatic rings. The summed E-state index contributed by atoms with van der Waals surface area (Å²) < 4.78 is 3.42. The lowest BCUT2D eigenvalue weighted by Crippen LogP contribution is -1.98. The van der Waals surface area contributed by atoms with Crippen LogP contribution in [-0.2, 0) is 6.54 Å². The first-order chi connectivity index (χ1) is 10.2. The van der Waals surface area contributed by atoms with Gasteiger partial charge in [0.2, 0.25) is 0 Å². The van der Waals surface area contributed by atoms with E-state index in [1.54, 1.807) is 28.0 Å². The molecular weight excluding hydrogens is 266 g/mol. The van der Waals surface area contributed by atoms with Crippen molar-refractivity contribution in [3.8, 4) is 17.1 Å². The van der Waals surface area contributed by atoms with E-state index in [1.807, 2.05) is 32.2 Å². The van der Waals surface area contributed by atoms with E-state index in [0.29, 0.717) is 17.1 Å². The molecule has 106 valence electrons. The Bertz CT molecular complexity index is 787. The van der Waals surface area contributed by atoms with E-state index in [-0.39, 0.29) is 0 Å². The Kier molecular flexibility index (Phi) is 3.35. The number of rotatable bonds is 4. The third-order valence-electron chi connectivity index (χ3n) is 3.24. The zero-order valence-electron chi connectivity index (χ0n) is 11.9. The van der Waals surface area contributed by atoms with Gasteiger partial charge in [-0.3, -0.25) is 9.48 Å². The quantitative estimate of drug-likeness (QED) is 0.688. The summed E-state index contributed by atoms with van der Waals surface area (Å²) in [6, 6.07) is 3.83. The second-order valence-electron chi connectivity index (χ2n) is 4.77. The molecule has 0 bridgehead atoms. The maximum atomic E-state index is 11.3. The van der Waals surface area contributed by atoms with Gasteiger partial charge in [-0.05, 0) is 31.5 Å². The number of hydrogen-bond donors (Lipinski definition) is 0. The van der Waals surface area contributed by atoms with Crippen LogP contribution in [0.2, 0.25) is 0 Å². The van der Waals surface area contributed by atoms with Crippen molar-refractivity contribution in [2.75, 3.05) is 0 Å². The number of aromatic nitrogens is 5. The lowest BCUT2D eigenvalue weighted by molar-refractivity contribution is 0.112. The van der Waals surface area contributed by atoms with Crippen LogP contribution in [0.15, 0.2) is 36.9 Å². The number of pyridine rings is 1. The summed E-state index contributed by atoms with van der Waals surface area (Å²) in [7, 11) is 0. The van der Waals surface area contributed by atoms with Crippen molar-refractivity contribution in [3.05, 3.63) is 48.0 Å². The molecule has 0 aliphatic carbocycles. The van der Waals surface area contributed by atoms with Crippen LogP contribution in [0.5, 0.6) is 0 Å². The molecule has 0 atom stereocenters. The molecule has 0 spiro atoms. The SMILES string of the molecule is CCn1cc(-c2nn(-c3cc(C)ccn3)cc2C=O)cn1. The number of aldehydes is 1. The van der Waals surface area contributed by atoms with Crippen LogP contribution in [0.1, 0.15) is 22.8 Å². The summed E-state index contributed by atoms with van der Waals surface area (Å²) in [5, 5.41) is 8.70. The van der Waals surface area contributed by atoms with Crippen LogP contribution < -0.4 is 0 Å². The maximum absolute atomic E-state index is 11.3. The minimum atomic E-state index is 0.522. The molecule has 3 rings (SSSR count).